The number of sulfonamides is 1. The highest BCUT2D eigenvalue weighted by Gasteiger charge is 2.17. The van der Waals surface area contributed by atoms with Crippen LogP contribution in [0.1, 0.15) is 0 Å². The Kier molecular flexibility index (Phi) is 6.13. The van der Waals surface area contributed by atoms with Crippen molar-refractivity contribution >= 4 is 31.6 Å². The molecule has 3 aromatic rings. The highest BCUT2D eigenvalue weighted by atomic mass is 79.9. The smallest absolute Gasteiger partial charge is 0.387 e. The van der Waals surface area contributed by atoms with E-state index in [1.165, 1.54) is 30.3 Å². The van der Waals surface area contributed by atoms with Crippen LogP contribution in [0.25, 0.3) is 11.1 Å². The van der Waals surface area contributed by atoms with Gasteiger partial charge in [0.2, 0.25) is 0 Å². The van der Waals surface area contributed by atoms with Crippen LogP contribution in [-0.2, 0) is 10.0 Å². The monoisotopic (exact) mass is 489 g/mol. The van der Waals surface area contributed by atoms with Crippen molar-refractivity contribution in [2.24, 2.45) is 0 Å². The molecule has 0 bridgehead atoms. The molecule has 0 saturated carbocycles. The van der Waals surface area contributed by atoms with Gasteiger partial charge in [-0.3, -0.25) is 4.72 Å². The fourth-order valence-electron chi connectivity index (χ4n) is 2.50. The van der Waals surface area contributed by atoms with Gasteiger partial charge in [0.1, 0.15) is 17.4 Å². The number of alkyl halides is 2. The predicted octanol–water partition coefficient (Wildman–Crippen LogP) is 5.80. The van der Waals surface area contributed by atoms with Gasteiger partial charge in [0.05, 0.1) is 10.6 Å². The van der Waals surface area contributed by atoms with Crippen molar-refractivity contribution in [2.45, 2.75) is 11.5 Å². The van der Waals surface area contributed by atoms with Gasteiger partial charge in [-0.2, -0.15) is 8.78 Å². The molecule has 29 heavy (non-hydrogen) atoms. The lowest BCUT2D eigenvalue weighted by atomic mass is 10.0. The third-order valence-electron chi connectivity index (χ3n) is 3.76. The quantitative estimate of drug-likeness (QED) is 0.445. The van der Waals surface area contributed by atoms with Crippen molar-refractivity contribution in [2.75, 3.05) is 4.72 Å². The van der Waals surface area contributed by atoms with Crippen LogP contribution in [0.2, 0.25) is 0 Å². The molecule has 0 amide bonds. The number of hydrogen-bond donors (Lipinski definition) is 1. The summed E-state index contributed by atoms with van der Waals surface area (Å²) in [6, 6.07) is 12.0. The van der Waals surface area contributed by atoms with E-state index in [0.717, 1.165) is 30.3 Å². The van der Waals surface area contributed by atoms with Gasteiger partial charge in [-0.25, -0.2) is 17.2 Å². The molecule has 0 heterocycles. The zero-order valence-electron chi connectivity index (χ0n) is 14.4. The van der Waals surface area contributed by atoms with Crippen LogP contribution in [0.5, 0.6) is 5.75 Å². The summed E-state index contributed by atoms with van der Waals surface area (Å²) in [6.07, 6.45) is 0. The Labute approximate surface area is 172 Å². The molecular formula is C19H12BrF4NO3S. The van der Waals surface area contributed by atoms with E-state index in [1.807, 2.05) is 0 Å². The van der Waals surface area contributed by atoms with E-state index in [0.29, 0.717) is 4.47 Å². The van der Waals surface area contributed by atoms with Crippen LogP contribution in [0.15, 0.2) is 70.0 Å². The normalized spacial score (nSPS) is 11.5. The highest BCUT2D eigenvalue weighted by molar-refractivity contribution is 9.10. The SMILES string of the molecule is O=S(=O)(Nc1cc(-c2cc(F)cc(OC(F)F)c2)ccc1F)c1ccc(Br)cc1. The van der Waals surface area contributed by atoms with E-state index in [2.05, 4.69) is 25.4 Å². The third-order valence-corrected chi connectivity index (χ3v) is 5.67. The summed E-state index contributed by atoms with van der Waals surface area (Å²) < 4.78 is 84.7. The number of benzene rings is 3. The molecule has 4 nitrogen and oxygen atoms in total. The Morgan fingerprint density at radius 2 is 1.59 bits per heavy atom. The minimum absolute atomic E-state index is 0.0936. The van der Waals surface area contributed by atoms with Gasteiger partial charge in [0, 0.05) is 10.5 Å². The fraction of sp³-hybridized carbons (Fsp3) is 0.0526. The third kappa shape index (κ3) is 5.27. The second kappa shape index (κ2) is 8.42. The van der Waals surface area contributed by atoms with Crippen LogP contribution in [0.3, 0.4) is 0 Å². The Morgan fingerprint density at radius 1 is 0.897 bits per heavy atom. The summed E-state index contributed by atoms with van der Waals surface area (Å²) in [5, 5.41) is 0. The van der Waals surface area contributed by atoms with Crippen LogP contribution >= 0.6 is 15.9 Å². The number of nitrogens with one attached hydrogen (secondary N) is 1. The van der Waals surface area contributed by atoms with Gasteiger partial charge in [-0.15, -0.1) is 0 Å². The molecule has 0 saturated heterocycles. The summed E-state index contributed by atoms with van der Waals surface area (Å²) in [4.78, 5) is -0.0936. The molecule has 0 aliphatic carbocycles. The summed E-state index contributed by atoms with van der Waals surface area (Å²) in [5.74, 6) is -2.13. The Morgan fingerprint density at radius 3 is 2.24 bits per heavy atom. The van der Waals surface area contributed by atoms with Crippen molar-refractivity contribution in [3.05, 3.63) is 76.8 Å². The molecule has 0 aromatic heterocycles. The fourth-order valence-corrected chi connectivity index (χ4v) is 3.82. The molecule has 0 aliphatic rings. The van der Waals surface area contributed by atoms with Crippen molar-refractivity contribution in [1.29, 1.82) is 0 Å². The number of rotatable bonds is 6. The molecular weight excluding hydrogens is 478 g/mol. The molecule has 0 aliphatic heterocycles. The van der Waals surface area contributed by atoms with Crippen molar-refractivity contribution in [3.8, 4) is 16.9 Å². The Bertz CT molecular complexity index is 1140. The van der Waals surface area contributed by atoms with Gasteiger partial charge in [-0.05, 0) is 59.7 Å². The molecule has 0 fully saturated rings. The van der Waals surface area contributed by atoms with Crippen molar-refractivity contribution in [1.82, 2.24) is 0 Å². The van der Waals surface area contributed by atoms with E-state index in [4.69, 9.17) is 0 Å². The molecule has 10 heteroatoms. The van der Waals surface area contributed by atoms with Crippen LogP contribution in [-0.4, -0.2) is 15.0 Å². The molecule has 3 aromatic carbocycles. The number of hydrogen-bond acceptors (Lipinski definition) is 3. The average Bonchev–Trinajstić information content (AvgIpc) is 2.62. The largest absolute Gasteiger partial charge is 0.435 e. The summed E-state index contributed by atoms with van der Waals surface area (Å²) in [7, 11) is -4.09. The van der Waals surface area contributed by atoms with Gasteiger partial charge in [0.15, 0.2) is 0 Å². The van der Waals surface area contributed by atoms with E-state index in [-0.39, 0.29) is 21.7 Å². The molecule has 0 unspecified atom stereocenters. The topological polar surface area (TPSA) is 55.4 Å². The van der Waals surface area contributed by atoms with Crippen molar-refractivity contribution in [3.63, 3.8) is 0 Å². The molecule has 152 valence electrons. The molecule has 3 rings (SSSR count). The minimum Gasteiger partial charge on any atom is -0.435 e. The van der Waals surface area contributed by atoms with Crippen LogP contribution < -0.4 is 9.46 Å². The maximum Gasteiger partial charge on any atom is 0.387 e. The lowest BCUT2D eigenvalue weighted by Crippen LogP contribution is -2.14. The van der Waals surface area contributed by atoms with Gasteiger partial charge in [0.25, 0.3) is 10.0 Å². The first-order chi connectivity index (χ1) is 13.6. The second-order valence-corrected chi connectivity index (χ2v) is 8.41. The molecule has 0 spiro atoms. The van der Waals surface area contributed by atoms with E-state index in [1.54, 1.807) is 0 Å². The first-order valence-electron chi connectivity index (χ1n) is 7.98. The van der Waals surface area contributed by atoms with E-state index >= 15 is 0 Å². The van der Waals surface area contributed by atoms with Crippen LogP contribution in [0, 0.1) is 11.6 Å². The van der Waals surface area contributed by atoms with E-state index < -0.39 is 34.0 Å². The van der Waals surface area contributed by atoms with Gasteiger partial charge < -0.3 is 4.74 Å². The lowest BCUT2D eigenvalue weighted by molar-refractivity contribution is -0.0499. The molecule has 0 radical (unpaired) electrons. The zero-order valence-corrected chi connectivity index (χ0v) is 16.8. The maximum absolute atomic E-state index is 14.2. The van der Waals surface area contributed by atoms with Gasteiger partial charge >= 0.3 is 6.61 Å². The van der Waals surface area contributed by atoms with E-state index in [9.17, 15) is 26.0 Å². The zero-order chi connectivity index (χ0) is 21.2. The van der Waals surface area contributed by atoms with Gasteiger partial charge in [-0.1, -0.05) is 22.0 Å². The number of ether oxygens (including phenoxy) is 1. The molecule has 0 atom stereocenters. The molecule has 1 N–H and O–H groups in total. The predicted molar refractivity (Wildman–Crippen MR) is 103 cm³/mol. The standard InChI is InChI=1S/C19H12BrF4NO3S/c20-13-2-4-16(5-3-13)29(26,27)25-18-9-11(1-6-17(18)22)12-7-14(21)10-15(8-12)28-19(23)24/h1-10,19,25H. The number of halogens is 5. The van der Waals surface area contributed by atoms with Crippen LogP contribution in [0.4, 0.5) is 23.2 Å². The summed E-state index contributed by atoms with van der Waals surface area (Å²) >= 11 is 3.19. The summed E-state index contributed by atoms with van der Waals surface area (Å²) in [6.45, 7) is -3.15. The number of anilines is 1. The Hall–Kier alpha value is -2.59. The average molecular weight is 490 g/mol. The Balaban J connectivity index is 1.97. The maximum atomic E-state index is 14.2. The first kappa shape index (κ1) is 21.1. The highest BCUT2D eigenvalue weighted by Crippen LogP contribution is 2.30. The minimum atomic E-state index is -4.09. The van der Waals surface area contributed by atoms with Crippen molar-refractivity contribution < 1.29 is 30.7 Å². The second-order valence-electron chi connectivity index (χ2n) is 5.81. The lowest BCUT2D eigenvalue weighted by Gasteiger charge is -2.12. The first-order valence-corrected chi connectivity index (χ1v) is 10.3. The summed E-state index contributed by atoms with van der Waals surface area (Å²) in [5.41, 5.74) is -0.0886.